The van der Waals surface area contributed by atoms with E-state index in [1.807, 2.05) is 0 Å². The molecule has 24 heavy (non-hydrogen) atoms. The molecule has 0 atom stereocenters. The third-order valence-corrected chi connectivity index (χ3v) is 3.33. The van der Waals surface area contributed by atoms with Crippen molar-refractivity contribution in [2.24, 2.45) is 0 Å². The van der Waals surface area contributed by atoms with E-state index in [0.29, 0.717) is 5.69 Å². The first-order valence-corrected chi connectivity index (χ1v) is 6.95. The highest BCUT2D eigenvalue weighted by Gasteiger charge is 2.27. The standard InChI is InChI=1S/C17H17NO6/c1-22-14-8-7-11(10-13(14)19)18-9-5-4-6-12(16(20)23-2)15(18)17(21)24-3/h4-10,19H,1-3H3. The molecule has 7 heteroatoms. The van der Waals surface area contributed by atoms with Crippen LogP contribution in [-0.4, -0.2) is 38.4 Å². The van der Waals surface area contributed by atoms with E-state index in [-0.39, 0.29) is 22.8 Å². The van der Waals surface area contributed by atoms with Gasteiger partial charge >= 0.3 is 11.9 Å². The molecule has 0 bridgehead atoms. The Morgan fingerprint density at radius 1 is 1.04 bits per heavy atom. The van der Waals surface area contributed by atoms with E-state index < -0.39 is 11.9 Å². The topological polar surface area (TPSA) is 85.3 Å². The number of nitrogens with zero attached hydrogens (tertiary/aromatic N) is 1. The van der Waals surface area contributed by atoms with Gasteiger partial charge in [-0.3, -0.25) is 0 Å². The average molecular weight is 331 g/mol. The molecule has 7 nitrogen and oxygen atoms in total. The Hall–Kier alpha value is -3.22. The molecule has 0 spiro atoms. The molecule has 1 aliphatic rings. The minimum atomic E-state index is -0.720. The highest BCUT2D eigenvalue weighted by Crippen LogP contribution is 2.33. The predicted molar refractivity (Wildman–Crippen MR) is 86.5 cm³/mol. The Morgan fingerprint density at radius 3 is 2.33 bits per heavy atom. The highest BCUT2D eigenvalue weighted by molar-refractivity contribution is 6.05. The average Bonchev–Trinajstić information content (AvgIpc) is 2.83. The lowest BCUT2D eigenvalue weighted by atomic mass is 10.1. The first kappa shape index (κ1) is 17.1. The van der Waals surface area contributed by atoms with Crippen molar-refractivity contribution in [2.45, 2.75) is 0 Å². The molecule has 1 N–H and O–H groups in total. The predicted octanol–water partition coefficient (Wildman–Crippen LogP) is 1.89. The number of hydrogen-bond acceptors (Lipinski definition) is 7. The normalized spacial score (nSPS) is 13.5. The number of esters is 2. The minimum Gasteiger partial charge on any atom is -0.504 e. The second-order valence-corrected chi connectivity index (χ2v) is 4.67. The lowest BCUT2D eigenvalue weighted by molar-refractivity contribution is -0.139. The van der Waals surface area contributed by atoms with Gasteiger partial charge in [0, 0.05) is 18.0 Å². The fourth-order valence-corrected chi connectivity index (χ4v) is 2.19. The van der Waals surface area contributed by atoms with Crippen LogP contribution in [0.4, 0.5) is 5.69 Å². The Kier molecular flexibility index (Phi) is 5.26. The number of phenols is 1. The van der Waals surface area contributed by atoms with Crippen molar-refractivity contribution < 1.29 is 28.9 Å². The molecular formula is C17H17NO6. The van der Waals surface area contributed by atoms with Crippen LogP contribution in [0.5, 0.6) is 11.5 Å². The van der Waals surface area contributed by atoms with Gasteiger partial charge in [-0.15, -0.1) is 0 Å². The molecule has 1 heterocycles. The van der Waals surface area contributed by atoms with Crippen molar-refractivity contribution in [2.75, 3.05) is 26.2 Å². The Bertz CT molecular complexity index is 747. The Balaban J connectivity index is 2.63. The summed E-state index contributed by atoms with van der Waals surface area (Å²) in [7, 11) is 3.87. The van der Waals surface area contributed by atoms with Crippen molar-refractivity contribution in [1.82, 2.24) is 0 Å². The van der Waals surface area contributed by atoms with Crippen LogP contribution in [0.15, 0.2) is 53.9 Å². The zero-order valence-electron chi connectivity index (χ0n) is 13.5. The van der Waals surface area contributed by atoms with E-state index in [2.05, 4.69) is 0 Å². The molecule has 0 fully saturated rings. The van der Waals surface area contributed by atoms with Crippen molar-refractivity contribution in [1.29, 1.82) is 0 Å². The minimum absolute atomic E-state index is 0.0288. The van der Waals surface area contributed by atoms with Crippen molar-refractivity contribution in [3.63, 3.8) is 0 Å². The summed E-state index contributed by atoms with van der Waals surface area (Å²) in [6.45, 7) is 0. The number of rotatable bonds is 4. The number of ether oxygens (including phenoxy) is 3. The molecule has 0 amide bonds. The van der Waals surface area contributed by atoms with Gasteiger partial charge in [0.1, 0.15) is 5.70 Å². The number of carbonyl (C=O) groups excluding carboxylic acids is 2. The number of anilines is 1. The lowest BCUT2D eigenvalue weighted by Crippen LogP contribution is -2.26. The molecule has 0 unspecified atom stereocenters. The smallest absolute Gasteiger partial charge is 0.355 e. The molecule has 0 radical (unpaired) electrons. The Morgan fingerprint density at radius 2 is 1.75 bits per heavy atom. The van der Waals surface area contributed by atoms with Gasteiger partial charge in [-0.05, 0) is 24.3 Å². The van der Waals surface area contributed by atoms with Crippen LogP contribution in [0.2, 0.25) is 0 Å². The molecule has 1 aromatic carbocycles. The van der Waals surface area contributed by atoms with Crippen LogP contribution in [0.25, 0.3) is 0 Å². The van der Waals surface area contributed by atoms with Crippen LogP contribution in [0.3, 0.4) is 0 Å². The molecule has 0 aromatic heterocycles. The van der Waals surface area contributed by atoms with Gasteiger partial charge in [-0.1, -0.05) is 6.08 Å². The maximum Gasteiger partial charge on any atom is 0.355 e. The summed E-state index contributed by atoms with van der Waals surface area (Å²) in [5, 5.41) is 9.98. The molecule has 2 rings (SSSR count). The number of carbonyl (C=O) groups is 2. The van der Waals surface area contributed by atoms with E-state index in [4.69, 9.17) is 14.2 Å². The van der Waals surface area contributed by atoms with Gasteiger partial charge in [-0.2, -0.15) is 0 Å². The van der Waals surface area contributed by atoms with Crippen LogP contribution in [-0.2, 0) is 19.1 Å². The van der Waals surface area contributed by atoms with E-state index in [1.54, 1.807) is 30.5 Å². The molecule has 1 aliphatic heterocycles. The largest absolute Gasteiger partial charge is 0.504 e. The van der Waals surface area contributed by atoms with Gasteiger partial charge in [0.25, 0.3) is 0 Å². The van der Waals surface area contributed by atoms with Crippen molar-refractivity contribution in [3.05, 3.63) is 53.9 Å². The van der Waals surface area contributed by atoms with Crippen LogP contribution in [0, 0.1) is 0 Å². The van der Waals surface area contributed by atoms with Crippen LogP contribution < -0.4 is 9.64 Å². The van der Waals surface area contributed by atoms with Crippen molar-refractivity contribution in [3.8, 4) is 11.5 Å². The molecular weight excluding hydrogens is 314 g/mol. The quantitative estimate of drug-likeness (QED) is 0.843. The maximum atomic E-state index is 12.3. The van der Waals surface area contributed by atoms with Gasteiger partial charge in [0.15, 0.2) is 11.5 Å². The summed E-state index contributed by atoms with van der Waals surface area (Å²) in [5.41, 5.74) is 0.443. The number of phenolic OH excluding ortho intramolecular Hbond substituents is 1. The first-order chi connectivity index (χ1) is 11.5. The van der Waals surface area contributed by atoms with E-state index in [1.165, 1.54) is 38.4 Å². The zero-order chi connectivity index (χ0) is 17.7. The number of allylic oxidation sites excluding steroid dienone is 2. The number of aromatic hydroxyl groups is 1. The summed E-state index contributed by atoms with van der Waals surface area (Å²) in [4.78, 5) is 25.7. The van der Waals surface area contributed by atoms with E-state index >= 15 is 0 Å². The SMILES string of the molecule is COC(=O)C1=C(C(=O)OC)N(c2ccc(OC)c(O)c2)C=CC=C1. The van der Waals surface area contributed by atoms with Crippen molar-refractivity contribution >= 4 is 17.6 Å². The van der Waals surface area contributed by atoms with E-state index in [0.717, 1.165) is 0 Å². The van der Waals surface area contributed by atoms with Gasteiger partial charge in [0.05, 0.1) is 26.9 Å². The Labute approximate surface area is 139 Å². The second kappa shape index (κ2) is 7.36. The third-order valence-electron chi connectivity index (χ3n) is 3.33. The first-order valence-electron chi connectivity index (χ1n) is 6.95. The number of benzene rings is 1. The molecule has 1 aromatic rings. The highest BCUT2D eigenvalue weighted by atomic mass is 16.5. The fourth-order valence-electron chi connectivity index (χ4n) is 2.19. The maximum absolute atomic E-state index is 12.3. The monoisotopic (exact) mass is 331 g/mol. The zero-order valence-corrected chi connectivity index (χ0v) is 13.5. The summed E-state index contributed by atoms with van der Waals surface area (Å²) >= 11 is 0. The fraction of sp³-hybridized carbons (Fsp3) is 0.176. The van der Waals surface area contributed by atoms with Gasteiger partial charge in [0.2, 0.25) is 0 Å². The van der Waals surface area contributed by atoms with Gasteiger partial charge in [-0.25, -0.2) is 9.59 Å². The molecule has 0 aliphatic carbocycles. The summed E-state index contributed by atoms with van der Waals surface area (Å²) in [6.07, 6.45) is 6.26. The van der Waals surface area contributed by atoms with Crippen LogP contribution >= 0.6 is 0 Å². The summed E-state index contributed by atoms with van der Waals surface area (Å²) < 4.78 is 14.5. The molecule has 0 saturated heterocycles. The third kappa shape index (κ3) is 3.24. The summed E-state index contributed by atoms with van der Waals surface area (Å²) in [6, 6.07) is 4.59. The lowest BCUT2D eigenvalue weighted by Gasteiger charge is -2.23. The number of hydrogen-bond donors (Lipinski definition) is 1. The van der Waals surface area contributed by atoms with Crippen LogP contribution in [0.1, 0.15) is 0 Å². The van der Waals surface area contributed by atoms with Gasteiger partial charge < -0.3 is 24.2 Å². The van der Waals surface area contributed by atoms with E-state index in [9.17, 15) is 14.7 Å². The summed E-state index contributed by atoms with van der Waals surface area (Å²) in [5.74, 6) is -1.23. The molecule has 0 saturated carbocycles. The second-order valence-electron chi connectivity index (χ2n) is 4.67. The molecule has 126 valence electrons. The number of methoxy groups -OCH3 is 3.